The van der Waals surface area contributed by atoms with Gasteiger partial charge in [-0.2, -0.15) is 0 Å². The van der Waals surface area contributed by atoms with Crippen molar-refractivity contribution in [2.45, 2.75) is 117 Å². The van der Waals surface area contributed by atoms with Crippen molar-refractivity contribution in [3.8, 4) is 78.7 Å². The molecule has 0 N–H and O–H groups in total. The predicted octanol–water partition coefficient (Wildman–Crippen LogP) is 26.3. The maximum atomic E-state index is 6.34. The van der Waals surface area contributed by atoms with Crippen LogP contribution in [-0.4, -0.2) is 73.8 Å². The quantitative estimate of drug-likeness (QED) is 0.0988. The zero-order valence-corrected chi connectivity index (χ0v) is 70.1. The number of halogens is 1. The van der Waals surface area contributed by atoms with Crippen molar-refractivity contribution >= 4 is 129 Å². The van der Waals surface area contributed by atoms with Gasteiger partial charge in [-0.1, -0.05) is 283 Å². The number of hydrogen-bond acceptors (Lipinski definition) is 8. The molecule has 578 valence electrons. The highest BCUT2D eigenvalue weighted by Gasteiger charge is 2.64. The summed E-state index contributed by atoms with van der Waals surface area (Å²) in [5, 5.41) is 15.0. The van der Waals surface area contributed by atoms with Crippen molar-refractivity contribution < 1.29 is 27.9 Å². The van der Waals surface area contributed by atoms with Gasteiger partial charge in [0.2, 0.25) is 0 Å². The number of benzene rings is 16. The predicted molar refractivity (Wildman–Crippen MR) is 495 cm³/mol. The van der Waals surface area contributed by atoms with E-state index in [1.807, 2.05) is 67.5 Å². The average molecular weight is 1600 g/mol. The fraction of sp³-hybridized carbons (Fsp3) is 0.173. The average Bonchev–Trinajstić information content (AvgIpc) is 1.20. The Morgan fingerprint density at radius 2 is 0.525 bits per heavy atom. The molecule has 3 saturated heterocycles. The molecule has 0 bridgehead atoms. The van der Waals surface area contributed by atoms with E-state index in [-0.39, 0.29) is 22.4 Å². The molecule has 21 rings (SSSR count). The van der Waals surface area contributed by atoms with Crippen molar-refractivity contribution in [2.75, 3.05) is 0 Å². The Morgan fingerprint density at radius 1 is 0.254 bits per heavy atom. The first-order chi connectivity index (χ1) is 56.9. The lowest BCUT2D eigenvalue weighted by Gasteiger charge is -2.32. The molecule has 0 spiro atoms. The van der Waals surface area contributed by atoms with Crippen molar-refractivity contribution in [2.24, 2.45) is 0 Å². The van der Waals surface area contributed by atoms with Gasteiger partial charge in [-0.15, -0.1) is 0 Å². The standard InChI is InChI=1S/C49H39BN2O2.C43H27BrN2.C12H24B2O4/c1-48(2)49(3,4)54-50(53-48)35-28-24-34(25-29-35)47-51-43-22-11-12-23-44(43)52(47)36-30-26-33(27-31-36)45-39-17-7-9-19-41(39)46(42-20-10-8-18-40(42)45)38-21-13-15-32-14-5-6-16-37(32)38;44-31-24-20-30(21-25-31)43-45-39-18-7-8-19-40(39)46(43)32-26-22-29(23-27-32)41-35-13-3-5-15-37(35)42(38-16-6-4-14-36(38)41)34-17-9-11-28-10-1-2-12-33(28)34;1-9(2)10(3,4)16-13(15-9)14-17-11(5,6)12(7,8)18-14/h5-31H,1-4H3;1-27H;1-8H3. The lowest BCUT2D eigenvalue weighted by molar-refractivity contribution is 0.00578. The molecule has 0 unspecified atom stereocenters. The number of imidazole rings is 2. The summed E-state index contributed by atoms with van der Waals surface area (Å²) in [7, 11) is -1.37. The van der Waals surface area contributed by atoms with Crippen LogP contribution in [0.2, 0.25) is 0 Å². The van der Waals surface area contributed by atoms with Crippen molar-refractivity contribution in [1.29, 1.82) is 0 Å². The van der Waals surface area contributed by atoms with E-state index >= 15 is 0 Å². The monoisotopic (exact) mass is 1600 g/mol. The highest BCUT2D eigenvalue weighted by molar-refractivity contribution is 9.10. The minimum absolute atomic E-state index is 0.360. The Hall–Kier alpha value is -11.5. The van der Waals surface area contributed by atoms with Crippen LogP contribution in [0, 0.1) is 0 Å². The maximum absolute atomic E-state index is 6.34. The highest BCUT2D eigenvalue weighted by Crippen LogP contribution is 2.50. The molecular formula is C104H90B3BrN4O6. The van der Waals surface area contributed by atoms with Crippen molar-refractivity contribution in [3.63, 3.8) is 0 Å². The minimum atomic E-state index is -0.476. The molecule has 0 radical (unpaired) electrons. The fourth-order valence-corrected chi connectivity index (χ4v) is 17.5. The van der Waals surface area contributed by atoms with Gasteiger partial charge in [0, 0.05) is 27.0 Å². The summed E-state index contributed by atoms with van der Waals surface area (Å²) >= 11 is 3.58. The number of para-hydroxylation sites is 4. The second-order valence-electron chi connectivity index (χ2n) is 34.3. The van der Waals surface area contributed by atoms with Gasteiger partial charge in [0.05, 0.1) is 55.7 Å². The van der Waals surface area contributed by atoms with Crippen molar-refractivity contribution in [3.05, 3.63) is 332 Å². The van der Waals surface area contributed by atoms with E-state index in [1.165, 1.54) is 109 Å². The topological polar surface area (TPSA) is 91.0 Å². The van der Waals surface area contributed by atoms with Gasteiger partial charge in [0.25, 0.3) is 0 Å². The number of aromatic nitrogens is 4. The van der Waals surface area contributed by atoms with Gasteiger partial charge in [-0.3, -0.25) is 9.13 Å². The molecule has 16 aromatic carbocycles. The first kappa shape index (κ1) is 76.4. The first-order valence-corrected chi connectivity index (χ1v) is 41.6. The van der Waals surface area contributed by atoms with Gasteiger partial charge < -0.3 is 27.9 Å². The lowest BCUT2D eigenvalue weighted by Crippen LogP contribution is -2.41. The third-order valence-corrected chi connectivity index (χ3v) is 26.0. The molecule has 0 atom stereocenters. The Labute approximate surface area is 698 Å². The number of nitrogens with zero attached hydrogens (tertiary/aromatic N) is 4. The Kier molecular flexibility index (Phi) is 19.1. The van der Waals surface area contributed by atoms with Gasteiger partial charge in [-0.05, 0) is 258 Å². The molecule has 0 aliphatic carbocycles. The zero-order chi connectivity index (χ0) is 81.2. The second-order valence-corrected chi connectivity index (χ2v) is 35.2. The molecule has 118 heavy (non-hydrogen) atoms. The molecular weight excluding hydrogens is 1510 g/mol. The maximum Gasteiger partial charge on any atom is 0.494 e. The summed E-state index contributed by atoms with van der Waals surface area (Å²) < 4.78 is 42.1. The van der Waals surface area contributed by atoms with Crippen LogP contribution in [0.4, 0.5) is 0 Å². The second kappa shape index (κ2) is 29.5. The van der Waals surface area contributed by atoms with E-state index in [9.17, 15) is 0 Å². The third-order valence-electron chi connectivity index (χ3n) is 25.5. The molecule has 3 fully saturated rings. The van der Waals surface area contributed by atoms with Gasteiger partial charge in [0.1, 0.15) is 11.6 Å². The Balaban J connectivity index is 0.000000131. The largest absolute Gasteiger partial charge is 0.494 e. The summed E-state index contributed by atoms with van der Waals surface area (Å²) in [6.45, 7) is 24.5. The Bertz CT molecular complexity index is 6730. The number of fused-ring (bicyclic) bond motifs is 8. The van der Waals surface area contributed by atoms with Gasteiger partial charge in [0.15, 0.2) is 0 Å². The molecule has 3 aliphatic rings. The van der Waals surface area contributed by atoms with E-state index < -0.39 is 32.3 Å². The van der Waals surface area contributed by atoms with E-state index in [0.717, 1.165) is 66.2 Å². The highest BCUT2D eigenvalue weighted by atomic mass is 79.9. The van der Waals surface area contributed by atoms with Crippen LogP contribution in [0.25, 0.3) is 165 Å². The van der Waals surface area contributed by atoms with Crippen LogP contribution >= 0.6 is 15.9 Å². The van der Waals surface area contributed by atoms with E-state index in [1.54, 1.807) is 0 Å². The Morgan fingerprint density at radius 3 is 0.873 bits per heavy atom. The molecule has 2 aromatic heterocycles. The summed E-state index contributed by atoms with van der Waals surface area (Å²) in [5.74, 6) is 1.82. The molecule has 0 saturated carbocycles. The van der Waals surface area contributed by atoms with Gasteiger partial charge >= 0.3 is 21.1 Å². The SMILES string of the molecule is Brc1ccc(-c2nc3ccccc3n2-c2ccc(-c3c4ccccc4c(-c4cccc5ccccc45)c4ccccc34)cc2)cc1.CC1(C)OB(B2OC(C)(C)C(C)(C)O2)OC1(C)C.CC1(C)OB(c2ccc(-c3nc4ccccc4n3-c3ccc(-c4c5ccccc5c(-c5cccc6ccccc56)c5ccccc45)cc3)cc2)OC1(C)C. The molecule has 0 amide bonds. The normalized spacial score (nSPS) is 16.3. The molecule has 14 heteroatoms. The van der Waals surface area contributed by atoms with Gasteiger partial charge in [-0.25, -0.2) is 9.97 Å². The van der Waals surface area contributed by atoms with Crippen LogP contribution in [0.1, 0.15) is 83.1 Å². The summed E-state index contributed by atoms with van der Waals surface area (Å²) in [6, 6.07) is 118. The van der Waals surface area contributed by atoms with Crippen LogP contribution < -0.4 is 5.46 Å². The molecule has 10 nitrogen and oxygen atoms in total. The molecule has 5 heterocycles. The fourth-order valence-electron chi connectivity index (χ4n) is 17.2. The summed E-state index contributed by atoms with van der Waals surface area (Å²) in [5.41, 5.74) is 17.0. The van der Waals surface area contributed by atoms with Crippen LogP contribution in [-0.2, 0) is 27.9 Å². The van der Waals surface area contributed by atoms with Crippen molar-refractivity contribution in [1.82, 2.24) is 19.1 Å². The van der Waals surface area contributed by atoms with E-state index in [2.05, 4.69) is 368 Å². The lowest BCUT2D eigenvalue weighted by atomic mass is 9.49. The minimum Gasteiger partial charge on any atom is -0.405 e. The summed E-state index contributed by atoms with van der Waals surface area (Å²) in [6.07, 6.45) is 0. The third kappa shape index (κ3) is 13.3. The molecule has 3 aliphatic heterocycles. The number of rotatable bonds is 10. The van der Waals surface area contributed by atoms with E-state index in [0.29, 0.717) is 0 Å². The molecule has 18 aromatic rings. The smallest absolute Gasteiger partial charge is 0.405 e. The number of hydrogen-bond donors (Lipinski definition) is 0. The van der Waals surface area contributed by atoms with Crippen LogP contribution in [0.3, 0.4) is 0 Å². The first-order valence-electron chi connectivity index (χ1n) is 40.8. The summed E-state index contributed by atoms with van der Waals surface area (Å²) in [4.78, 5) is 10.2. The van der Waals surface area contributed by atoms with Crippen LogP contribution in [0.5, 0.6) is 0 Å². The van der Waals surface area contributed by atoms with Crippen LogP contribution in [0.15, 0.2) is 332 Å². The zero-order valence-electron chi connectivity index (χ0n) is 68.5. The van der Waals surface area contributed by atoms with E-state index in [4.69, 9.17) is 37.9 Å².